The van der Waals surface area contributed by atoms with E-state index in [0.717, 1.165) is 18.4 Å². The fraction of sp³-hybridized carbons (Fsp3) is 0.462. The Balaban J connectivity index is 2.02. The Morgan fingerprint density at radius 3 is 2.47 bits per heavy atom. The number of carbonyl (C=O) groups excluding carboxylic acids is 1. The van der Waals surface area contributed by atoms with Crippen LogP contribution < -0.4 is 5.32 Å². The van der Waals surface area contributed by atoms with Gasteiger partial charge in [-0.25, -0.2) is 0 Å². The molecule has 0 saturated heterocycles. The Labute approximate surface area is 90.7 Å². The third-order valence-electron chi connectivity index (χ3n) is 2.89. The zero-order chi connectivity index (χ0) is 10.8. The van der Waals surface area contributed by atoms with Gasteiger partial charge in [-0.15, -0.1) is 0 Å². The lowest BCUT2D eigenvalue weighted by molar-refractivity contribution is -0.122. The van der Waals surface area contributed by atoms with E-state index in [1.807, 2.05) is 19.1 Å². The Hall–Kier alpha value is -1.31. The molecule has 1 aromatic carbocycles. The van der Waals surface area contributed by atoms with E-state index in [-0.39, 0.29) is 11.8 Å². The van der Waals surface area contributed by atoms with Gasteiger partial charge in [-0.1, -0.05) is 29.8 Å². The molecule has 0 radical (unpaired) electrons. The van der Waals surface area contributed by atoms with Gasteiger partial charge in [0.2, 0.25) is 5.91 Å². The maximum Gasteiger partial charge on any atom is 0.227 e. The van der Waals surface area contributed by atoms with Crippen LogP contribution in [0.15, 0.2) is 24.3 Å². The molecule has 1 fully saturated rings. The van der Waals surface area contributed by atoms with Crippen molar-refractivity contribution in [3.63, 3.8) is 0 Å². The quantitative estimate of drug-likeness (QED) is 0.803. The first-order valence-electron chi connectivity index (χ1n) is 5.54. The lowest BCUT2D eigenvalue weighted by Gasteiger charge is -2.12. The summed E-state index contributed by atoms with van der Waals surface area (Å²) >= 11 is 0. The van der Waals surface area contributed by atoms with Gasteiger partial charge in [0.1, 0.15) is 0 Å². The van der Waals surface area contributed by atoms with Crippen LogP contribution >= 0.6 is 0 Å². The average molecular weight is 203 g/mol. The Kier molecular flexibility index (Phi) is 2.76. The van der Waals surface area contributed by atoms with Gasteiger partial charge in [0.05, 0.1) is 5.92 Å². The summed E-state index contributed by atoms with van der Waals surface area (Å²) in [5.74, 6) is 0.118. The van der Waals surface area contributed by atoms with E-state index >= 15 is 0 Å². The number of aryl methyl sites for hydroxylation is 1. The van der Waals surface area contributed by atoms with Crippen LogP contribution in [0, 0.1) is 6.92 Å². The van der Waals surface area contributed by atoms with E-state index < -0.39 is 0 Å². The number of nitrogens with one attached hydrogen (secondary N) is 1. The largest absolute Gasteiger partial charge is 0.353 e. The van der Waals surface area contributed by atoms with Crippen molar-refractivity contribution in [2.24, 2.45) is 0 Å². The van der Waals surface area contributed by atoms with Crippen molar-refractivity contribution >= 4 is 5.91 Å². The van der Waals surface area contributed by atoms with E-state index in [4.69, 9.17) is 0 Å². The van der Waals surface area contributed by atoms with Crippen molar-refractivity contribution in [1.29, 1.82) is 0 Å². The molecule has 15 heavy (non-hydrogen) atoms. The molecule has 1 saturated carbocycles. The molecule has 1 N–H and O–H groups in total. The van der Waals surface area contributed by atoms with E-state index in [1.165, 1.54) is 5.56 Å². The fourth-order valence-electron chi connectivity index (χ4n) is 1.56. The van der Waals surface area contributed by atoms with Gasteiger partial charge in [0.15, 0.2) is 0 Å². The fourth-order valence-corrected chi connectivity index (χ4v) is 1.56. The van der Waals surface area contributed by atoms with Crippen molar-refractivity contribution in [2.45, 2.75) is 38.6 Å². The second-order valence-electron chi connectivity index (χ2n) is 4.42. The molecule has 2 rings (SSSR count). The summed E-state index contributed by atoms with van der Waals surface area (Å²) < 4.78 is 0. The van der Waals surface area contributed by atoms with Crippen molar-refractivity contribution in [2.75, 3.05) is 0 Å². The van der Waals surface area contributed by atoms with Crippen molar-refractivity contribution in [3.8, 4) is 0 Å². The lowest BCUT2D eigenvalue weighted by Crippen LogP contribution is -2.29. The molecule has 80 valence electrons. The van der Waals surface area contributed by atoms with Crippen LogP contribution in [-0.4, -0.2) is 11.9 Å². The molecule has 1 aromatic rings. The second-order valence-corrected chi connectivity index (χ2v) is 4.42. The normalized spacial score (nSPS) is 17.2. The zero-order valence-electron chi connectivity index (χ0n) is 9.29. The number of amides is 1. The molecule has 0 aromatic heterocycles. The van der Waals surface area contributed by atoms with Crippen molar-refractivity contribution in [1.82, 2.24) is 5.32 Å². The molecule has 2 heteroatoms. The van der Waals surface area contributed by atoms with Crippen LogP contribution in [0.4, 0.5) is 0 Å². The Morgan fingerprint density at radius 1 is 1.33 bits per heavy atom. The van der Waals surface area contributed by atoms with E-state index in [0.29, 0.717) is 6.04 Å². The van der Waals surface area contributed by atoms with Crippen LogP contribution in [0.1, 0.15) is 36.8 Å². The maximum absolute atomic E-state index is 11.8. The van der Waals surface area contributed by atoms with Crippen molar-refractivity contribution in [3.05, 3.63) is 35.4 Å². The first-order chi connectivity index (χ1) is 7.16. The predicted octanol–water partition coefficient (Wildman–Crippen LogP) is 2.38. The highest BCUT2D eigenvalue weighted by Gasteiger charge is 2.25. The van der Waals surface area contributed by atoms with E-state index in [9.17, 15) is 4.79 Å². The molecule has 1 atom stereocenters. The Morgan fingerprint density at radius 2 is 1.93 bits per heavy atom. The lowest BCUT2D eigenvalue weighted by atomic mass is 9.99. The first-order valence-corrected chi connectivity index (χ1v) is 5.54. The van der Waals surface area contributed by atoms with Crippen LogP contribution in [0.3, 0.4) is 0 Å². The van der Waals surface area contributed by atoms with Gasteiger partial charge in [0, 0.05) is 6.04 Å². The van der Waals surface area contributed by atoms with Gasteiger partial charge in [0.25, 0.3) is 0 Å². The summed E-state index contributed by atoms with van der Waals surface area (Å²) in [6.45, 7) is 4.01. The minimum Gasteiger partial charge on any atom is -0.353 e. The van der Waals surface area contributed by atoms with Gasteiger partial charge in [-0.05, 0) is 32.3 Å². The molecular weight excluding hydrogens is 186 g/mol. The second kappa shape index (κ2) is 4.05. The molecule has 1 unspecified atom stereocenters. The smallest absolute Gasteiger partial charge is 0.227 e. The number of hydrogen-bond acceptors (Lipinski definition) is 1. The maximum atomic E-state index is 11.8. The average Bonchev–Trinajstić information content (AvgIpc) is 3.02. The van der Waals surface area contributed by atoms with Crippen LogP contribution in [0.2, 0.25) is 0 Å². The first kappa shape index (κ1) is 10.2. The molecule has 2 nitrogen and oxygen atoms in total. The van der Waals surface area contributed by atoms with Crippen LogP contribution in [-0.2, 0) is 4.79 Å². The van der Waals surface area contributed by atoms with Crippen LogP contribution in [0.25, 0.3) is 0 Å². The van der Waals surface area contributed by atoms with E-state index in [2.05, 4.69) is 24.4 Å². The van der Waals surface area contributed by atoms with Gasteiger partial charge in [-0.2, -0.15) is 0 Å². The number of hydrogen-bond donors (Lipinski definition) is 1. The molecule has 1 amide bonds. The summed E-state index contributed by atoms with van der Waals surface area (Å²) in [7, 11) is 0. The molecule has 1 aliphatic carbocycles. The summed E-state index contributed by atoms with van der Waals surface area (Å²) in [4.78, 5) is 11.8. The molecule has 0 heterocycles. The predicted molar refractivity (Wildman–Crippen MR) is 60.8 cm³/mol. The molecular formula is C13H17NO. The Bertz CT molecular complexity index is 351. The summed E-state index contributed by atoms with van der Waals surface area (Å²) in [6.07, 6.45) is 2.29. The van der Waals surface area contributed by atoms with Gasteiger partial charge < -0.3 is 5.32 Å². The van der Waals surface area contributed by atoms with Gasteiger partial charge >= 0.3 is 0 Å². The van der Waals surface area contributed by atoms with Crippen molar-refractivity contribution < 1.29 is 4.79 Å². The number of benzene rings is 1. The highest BCUT2D eigenvalue weighted by molar-refractivity contribution is 5.83. The highest BCUT2D eigenvalue weighted by Crippen LogP contribution is 2.22. The summed E-state index contributed by atoms with van der Waals surface area (Å²) in [5, 5.41) is 3.03. The summed E-state index contributed by atoms with van der Waals surface area (Å²) in [6, 6.07) is 8.62. The minimum atomic E-state index is -0.0359. The highest BCUT2D eigenvalue weighted by atomic mass is 16.1. The minimum absolute atomic E-state index is 0.0359. The topological polar surface area (TPSA) is 29.1 Å². The van der Waals surface area contributed by atoms with Crippen LogP contribution in [0.5, 0.6) is 0 Å². The molecule has 0 bridgehead atoms. The zero-order valence-corrected chi connectivity index (χ0v) is 9.29. The third-order valence-corrected chi connectivity index (χ3v) is 2.89. The third kappa shape index (κ3) is 2.58. The number of carbonyl (C=O) groups is 1. The molecule has 0 spiro atoms. The molecule has 1 aliphatic rings. The standard InChI is InChI=1S/C13H17NO/c1-9-3-5-11(6-4-9)10(2)13(15)14-12-7-8-12/h3-6,10,12H,7-8H2,1-2H3,(H,14,15). The van der Waals surface area contributed by atoms with Gasteiger partial charge in [-0.3, -0.25) is 4.79 Å². The summed E-state index contributed by atoms with van der Waals surface area (Å²) in [5.41, 5.74) is 2.33. The van der Waals surface area contributed by atoms with E-state index in [1.54, 1.807) is 0 Å². The monoisotopic (exact) mass is 203 g/mol. The number of rotatable bonds is 3. The SMILES string of the molecule is Cc1ccc(C(C)C(=O)NC2CC2)cc1. The molecule has 0 aliphatic heterocycles.